The lowest BCUT2D eigenvalue weighted by atomic mass is 10.2. The molecule has 0 aliphatic heterocycles. The van der Waals surface area contributed by atoms with Gasteiger partial charge in [-0.15, -0.1) is 0 Å². The summed E-state index contributed by atoms with van der Waals surface area (Å²) in [5.41, 5.74) is 0.134. The molecule has 4 heteroatoms. The third kappa shape index (κ3) is 3.01. The van der Waals surface area contributed by atoms with Crippen LogP contribution in [0.5, 0.6) is 0 Å². The Kier molecular flexibility index (Phi) is 3.77. The molecule has 0 aromatic heterocycles. The lowest BCUT2D eigenvalue weighted by molar-refractivity contribution is 0.0938. The number of rotatable bonds is 3. The van der Waals surface area contributed by atoms with Gasteiger partial charge >= 0.3 is 0 Å². The summed E-state index contributed by atoms with van der Waals surface area (Å²) >= 11 is 0. The predicted molar refractivity (Wildman–Crippen MR) is 53.6 cm³/mol. The minimum atomic E-state index is -1.01. The number of nitrogens with one attached hydrogen (secondary N) is 1. The fraction of sp³-hybridized carbons (Fsp3) is 0.364. The molecule has 0 spiro atoms. The molecule has 0 saturated heterocycles. The molecule has 1 amide bonds. The van der Waals surface area contributed by atoms with E-state index in [1.165, 1.54) is 6.07 Å². The second kappa shape index (κ2) is 4.87. The van der Waals surface area contributed by atoms with Crippen LogP contribution in [0.1, 0.15) is 30.6 Å². The Morgan fingerprint density at radius 3 is 2.60 bits per heavy atom. The molecule has 0 radical (unpaired) electrons. The zero-order valence-electron chi connectivity index (χ0n) is 8.68. The van der Waals surface area contributed by atoms with Gasteiger partial charge in [0, 0.05) is 11.6 Å². The molecule has 0 heterocycles. The molecule has 0 unspecified atom stereocenters. The summed E-state index contributed by atoms with van der Waals surface area (Å²) in [6.07, 6.45) is 0.787. The van der Waals surface area contributed by atoms with Crippen LogP contribution in [-0.4, -0.2) is 11.9 Å². The summed E-state index contributed by atoms with van der Waals surface area (Å²) in [7, 11) is 0. The van der Waals surface area contributed by atoms with E-state index in [0.29, 0.717) is 0 Å². The molecule has 1 rings (SSSR count). The van der Waals surface area contributed by atoms with Crippen molar-refractivity contribution in [1.29, 1.82) is 0 Å². The highest BCUT2D eigenvalue weighted by Crippen LogP contribution is 2.08. The Morgan fingerprint density at radius 1 is 1.40 bits per heavy atom. The first-order chi connectivity index (χ1) is 7.04. The quantitative estimate of drug-likeness (QED) is 0.821. The normalized spacial score (nSPS) is 12.3. The average molecular weight is 213 g/mol. The number of benzene rings is 1. The van der Waals surface area contributed by atoms with Gasteiger partial charge in [0.05, 0.1) is 0 Å². The van der Waals surface area contributed by atoms with E-state index < -0.39 is 11.6 Å². The maximum atomic E-state index is 12.8. The van der Waals surface area contributed by atoms with Gasteiger partial charge in [0.15, 0.2) is 11.6 Å². The lowest BCUT2D eigenvalue weighted by Gasteiger charge is -2.11. The molecule has 1 aromatic rings. The zero-order chi connectivity index (χ0) is 11.4. The van der Waals surface area contributed by atoms with Crippen molar-refractivity contribution in [3.63, 3.8) is 0 Å². The van der Waals surface area contributed by atoms with Crippen LogP contribution in [0.2, 0.25) is 0 Å². The Balaban J connectivity index is 2.78. The van der Waals surface area contributed by atoms with Crippen LogP contribution in [0.3, 0.4) is 0 Å². The smallest absolute Gasteiger partial charge is 0.251 e. The van der Waals surface area contributed by atoms with Gasteiger partial charge in [-0.1, -0.05) is 6.92 Å². The largest absolute Gasteiger partial charge is 0.350 e. The molecule has 1 N–H and O–H groups in total. The van der Waals surface area contributed by atoms with Crippen molar-refractivity contribution in [2.75, 3.05) is 0 Å². The topological polar surface area (TPSA) is 29.1 Å². The fourth-order valence-corrected chi connectivity index (χ4v) is 1.05. The summed E-state index contributed by atoms with van der Waals surface area (Å²) < 4.78 is 25.4. The highest BCUT2D eigenvalue weighted by atomic mass is 19.2. The zero-order valence-corrected chi connectivity index (χ0v) is 8.68. The minimum absolute atomic E-state index is 0.0191. The standard InChI is InChI=1S/C11H13F2NO/c1-3-7(2)14-11(15)8-4-5-9(12)10(13)6-8/h4-7H,3H2,1-2H3,(H,14,15)/t7-/m1/s1. The van der Waals surface area contributed by atoms with Crippen molar-refractivity contribution in [2.45, 2.75) is 26.3 Å². The Hall–Kier alpha value is -1.45. The van der Waals surface area contributed by atoms with Gasteiger partial charge in [0.25, 0.3) is 5.91 Å². The summed E-state index contributed by atoms with van der Waals surface area (Å²) in [5, 5.41) is 2.66. The number of halogens is 2. The van der Waals surface area contributed by atoms with Crippen molar-refractivity contribution >= 4 is 5.91 Å². The Bertz CT molecular complexity index is 366. The molecule has 82 valence electrons. The van der Waals surface area contributed by atoms with Gasteiger partial charge in [-0.3, -0.25) is 4.79 Å². The highest BCUT2D eigenvalue weighted by Gasteiger charge is 2.10. The number of amides is 1. The molecule has 0 fully saturated rings. The maximum Gasteiger partial charge on any atom is 0.251 e. The van der Waals surface area contributed by atoms with Crippen LogP contribution >= 0.6 is 0 Å². The summed E-state index contributed by atoms with van der Waals surface area (Å²) in [6, 6.07) is 3.12. The minimum Gasteiger partial charge on any atom is -0.350 e. The molecule has 0 bridgehead atoms. The predicted octanol–water partition coefficient (Wildman–Crippen LogP) is 2.49. The molecule has 15 heavy (non-hydrogen) atoms. The molecular weight excluding hydrogens is 200 g/mol. The first-order valence-electron chi connectivity index (χ1n) is 4.80. The van der Waals surface area contributed by atoms with Crippen LogP contribution < -0.4 is 5.32 Å². The molecule has 0 aliphatic carbocycles. The van der Waals surface area contributed by atoms with Crippen LogP contribution in [0, 0.1) is 11.6 Å². The van der Waals surface area contributed by atoms with E-state index in [1.54, 1.807) is 0 Å². The fourth-order valence-electron chi connectivity index (χ4n) is 1.05. The van der Waals surface area contributed by atoms with Gasteiger partial charge in [0.1, 0.15) is 0 Å². The number of carbonyl (C=O) groups excluding carboxylic acids is 1. The molecular formula is C11H13F2NO. The lowest BCUT2D eigenvalue weighted by Crippen LogP contribution is -2.31. The highest BCUT2D eigenvalue weighted by molar-refractivity contribution is 5.94. The van der Waals surface area contributed by atoms with E-state index in [9.17, 15) is 13.6 Å². The van der Waals surface area contributed by atoms with Crippen molar-refractivity contribution in [3.05, 3.63) is 35.4 Å². The monoisotopic (exact) mass is 213 g/mol. The van der Waals surface area contributed by atoms with E-state index >= 15 is 0 Å². The van der Waals surface area contributed by atoms with Gasteiger partial charge < -0.3 is 5.32 Å². The molecule has 0 saturated carbocycles. The van der Waals surface area contributed by atoms with Crippen LogP contribution in [0.15, 0.2) is 18.2 Å². The van der Waals surface area contributed by atoms with Gasteiger partial charge in [-0.2, -0.15) is 0 Å². The van der Waals surface area contributed by atoms with Crippen molar-refractivity contribution in [2.24, 2.45) is 0 Å². The maximum absolute atomic E-state index is 12.8. The van der Waals surface area contributed by atoms with E-state index in [0.717, 1.165) is 18.6 Å². The van der Waals surface area contributed by atoms with Crippen LogP contribution in [-0.2, 0) is 0 Å². The van der Waals surface area contributed by atoms with Crippen molar-refractivity contribution in [1.82, 2.24) is 5.32 Å². The Labute approximate surface area is 87.3 Å². The molecule has 0 aliphatic rings. The molecule has 1 aromatic carbocycles. The third-order valence-electron chi connectivity index (χ3n) is 2.17. The molecule has 2 nitrogen and oxygen atoms in total. The van der Waals surface area contributed by atoms with E-state index in [2.05, 4.69) is 5.32 Å². The van der Waals surface area contributed by atoms with Crippen LogP contribution in [0.25, 0.3) is 0 Å². The first-order valence-corrected chi connectivity index (χ1v) is 4.80. The number of hydrogen-bond donors (Lipinski definition) is 1. The second-order valence-electron chi connectivity index (χ2n) is 3.41. The Morgan fingerprint density at radius 2 is 2.07 bits per heavy atom. The van der Waals surface area contributed by atoms with E-state index in [4.69, 9.17) is 0 Å². The number of hydrogen-bond acceptors (Lipinski definition) is 1. The van der Waals surface area contributed by atoms with E-state index in [-0.39, 0.29) is 17.5 Å². The van der Waals surface area contributed by atoms with Gasteiger partial charge in [-0.25, -0.2) is 8.78 Å². The summed E-state index contributed by atoms with van der Waals surface area (Å²) in [4.78, 5) is 11.5. The average Bonchev–Trinajstić information content (AvgIpc) is 2.21. The van der Waals surface area contributed by atoms with Crippen molar-refractivity contribution < 1.29 is 13.6 Å². The van der Waals surface area contributed by atoms with Crippen molar-refractivity contribution in [3.8, 4) is 0 Å². The van der Waals surface area contributed by atoms with Gasteiger partial charge in [-0.05, 0) is 31.5 Å². The number of carbonyl (C=O) groups is 1. The SMILES string of the molecule is CC[C@@H](C)NC(=O)c1ccc(F)c(F)c1. The van der Waals surface area contributed by atoms with Gasteiger partial charge in [0.2, 0.25) is 0 Å². The third-order valence-corrected chi connectivity index (χ3v) is 2.17. The van der Waals surface area contributed by atoms with E-state index in [1.807, 2.05) is 13.8 Å². The summed E-state index contributed by atoms with van der Waals surface area (Å²) in [6.45, 7) is 3.77. The first kappa shape index (κ1) is 11.6. The van der Waals surface area contributed by atoms with Crippen LogP contribution in [0.4, 0.5) is 8.78 Å². The second-order valence-corrected chi connectivity index (χ2v) is 3.41. The summed E-state index contributed by atoms with van der Waals surface area (Å²) in [5.74, 6) is -2.34. The molecule has 1 atom stereocenters.